The average molecular weight is 452 g/mol. The van der Waals surface area contributed by atoms with Crippen molar-refractivity contribution in [3.05, 3.63) is 59.9 Å². The summed E-state index contributed by atoms with van der Waals surface area (Å²) in [7, 11) is 1.56. The molecule has 8 nitrogen and oxygen atoms in total. The molecule has 2 heterocycles. The number of fused-ring (bicyclic) bond motifs is 1. The summed E-state index contributed by atoms with van der Waals surface area (Å²) in [4.78, 5) is 27.2. The maximum atomic E-state index is 12.8. The van der Waals surface area contributed by atoms with E-state index in [0.717, 1.165) is 12.1 Å². The molecule has 1 aliphatic rings. The molecule has 0 bridgehead atoms. The number of nitrogens with zero attached hydrogens (tertiary/aromatic N) is 4. The van der Waals surface area contributed by atoms with Crippen molar-refractivity contribution in [2.24, 2.45) is 0 Å². The number of thioether (sulfide) groups is 1. The van der Waals surface area contributed by atoms with E-state index in [-0.39, 0.29) is 24.0 Å². The summed E-state index contributed by atoms with van der Waals surface area (Å²) in [5.41, 5.74) is 2.79. The molecule has 0 fully saturated rings. The molecule has 32 heavy (non-hydrogen) atoms. The zero-order chi connectivity index (χ0) is 22.5. The maximum absolute atomic E-state index is 12.8. The van der Waals surface area contributed by atoms with Crippen molar-refractivity contribution in [1.29, 1.82) is 0 Å². The van der Waals surface area contributed by atoms with Gasteiger partial charge in [-0.2, -0.15) is 0 Å². The Labute approximate surface area is 191 Å². The van der Waals surface area contributed by atoms with Crippen LogP contribution in [-0.2, 0) is 29.0 Å². The summed E-state index contributed by atoms with van der Waals surface area (Å²) in [6.07, 6.45) is 0.954. The third kappa shape index (κ3) is 4.62. The second-order valence-corrected chi connectivity index (χ2v) is 8.22. The first-order valence-electron chi connectivity index (χ1n) is 10.5. The lowest BCUT2D eigenvalue weighted by Gasteiger charge is -2.17. The van der Waals surface area contributed by atoms with Crippen LogP contribution in [0.1, 0.15) is 18.3 Å². The molecule has 0 atom stereocenters. The highest BCUT2D eigenvalue weighted by atomic mass is 32.2. The number of carbonyl (C=O) groups excluding carboxylic acids is 2. The molecule has 0 unspecified atom stereocenters. The van der Waals surface area contributed by atoms with E-state index in [1.54, 1.807) is 19.2 Å². The van der Waals surface area contributed by atoms with E-state index in [9.17, 15) is 9.59 Å². The second-order valence-electron chi connectivity index (χ2n) is 7.28. The molecule has 0 saturated carbocycles. The molecule has 1 aromatic heterocycles. The Morgan fingerprint density at radius 3 is 2.72 bits per heavy atom. The molecule has 0 spiro atoms. The molecule has 9 heteroatoms. The molecular weight excluding hydrogens is 426 g/mol. The van der Waals surface area contributed by atoms with Gasteiger partial charge in [-0.3, -0.25) is 9.59 Å². The number of amides is 2. The van der Waals surface area contributed by atoms with Crippen LogP contribution in [0, 0.1) is 0 Å². The quantitative estimate of drug-likeness (QED) is 0.529. The Hall–Kier alpha value is -3.33. The molecule has 2 aromatic carbocycles. The topological polar surface area (TPSA) is 89.4 Å². The average Bonchev–Trinajstić information content (AvgIpc) is 3.41. The van der Waals surface area contributed by atoms with Gasteiger partial charge >= 0.3 is 0 Å². The monoisotopic (exact) mass is 451 g/mol. The Kier molecular flexibility index (Phi) is 6.75. The Morgan fingerprint density at radius 1 is 1.12 bits per heavy atom. The third-order valence-corrected chi connectivity index (χ3v) is 6.27. The molecule has 4 rings (SSSR count). The number of benzene rings is 2. The standard InChI is InChI=1S/C23H25N5O3S/c1-3-27-20(14-21(29)24-17-9-5-7-11-19(17)31-2)25-26-23(27)32-15-22(30)28-13-12-16-8-4-6-10-18(16)28/h4-11H,3,12-15H2,1-2H3,(H,24,29). The highest BCUT2D eigenvalue weighted by Gasteiger charge is 2.25. The van der Waals surface area contributed by atoms with Gasteiger partial charge in [0.1, 0.15) is 11.6 Å². The van der Waals surface area contributed by atoms with E-state index in [0.29, 0.717) is 35.5 Å². The van der Waals surface area contributed by atoms with Gasteiger partial charge in [-0.05, 0) is 37.1 Å². The van der Waals surface area contributed by atoms with Crippen LogP contribution in [0.3, 0.4) is 0 Å². The van der Waals surface area contributed by atoms with Crippen LogP contribution >= 0.6 is 11.8 Å². The number of methoxy groups -OCH3 is 1. The zero-order valence-corrected chi connectivity index (χ0v) is 18.9. The van der Waals surface area contributed by atoms with Gasteiger partial charge in [-0.1, -0.05) is 42.1 Å². The van der Waals surface area contributed by atoms with Crippen molar-refractivity contribution in [2.75, 3.05) is 29.6 Å². The van der Waals surface area contributed by atoms with E-state index in [1.165, 1.54) is 17.3 Å². The SMILES string of the molecule is CCn1c(CC(=O)Nc2ccccc2OC)nnc1SCC(=O)N1CCc2ccccc21. The van der Waals surface area contributed by atoms with Crippen molar-refractivity contribution >= 4 is 35.0 Å². The van der Waals surface area contributed by atoms with E-state index in [2.05, 4.69) is 21.6 Å². The normalized spacial score (nSPS) is 12.5. The van der Waals surface area contributed by atoms with Crippen molar-refractivity contribution < 1.29 is 14.3 Å². The van der Waals surface area contributed by atoms with Gasteiger partial charge in [0, 0.05) is 18.8 Å². The minimum atomic E-state index is -0.210. The molecule has 3 aromatic rings. The number of aromatic nitrogens is 3. The number of hydrogen-bond donors (Lipinski definition) is 1. The number of ether oxygens (including phenoxy) is 1. The summed E-state index contributed by atoms with van der Waals surface area (Å²) in [6.45, 7) is 3.27. The van der Waals surface area contributed by atoms with Crippen molar-refractivity contribution in [1.82, 2.24) is 14.8 Å². The summed E-state index contributed by atoms with van der Waals surface area (Å²) < 4.78 is 7.15. The Morgan fingerprint density at radius 2 is 1.91 bits per heavy atom. The van der Waals surface area contributed by atoms with Crippen molar-refractivity contribution in [2.45, 2.75) is 31.5 Å². The molecule has 0 radical (unpaired) electrons. The number of hydrogen-bond acceptors (Lipinski definition) is 6. The molecule has 1 aliphatic heterocycles. The van der Waals surface area contributed by atoms with Crippen molar-refractivity contribution in [3.8, 4) is 5.75 Å². The second kappa shape index (κ2) is 9.86. The predicted molar refractivity (Wildman–Crippen MR) is 124 cm³/mol. The fourth-order valence-electron chi connectivity index (χ4n) is 3.76. The van der Waals surface area contributed by atoms with Gasteiger partial charge in [-0.25, -0.2) is 0 Å². The van der Waals surface area contributed by atoms with Gasteiger partial charge in [0.15, 0.2) is 5.16 Å². The van der Waals surface area contributed by atoms with Gasteiger partial charge in [0.25, 0.3) is 0 Å². The largest absolute Gasteiger partial charge is 0.495 e. The van der Waals surface area contributed by atoms with E-state index in [4.69, 9.17) is 4.74 Å². The fraction of sp³-hybridized carbons (Fsp3) is 0.304. The minimum Gasteiger partial charge on any atom is -0.495 e. The van der Waals surface area contributed by atoms with Crippen LogP contribution in [0.2, 0.25) is 0 Å². The summed E-state index contributed by atoms with van der Waals surface area (Å²) in [6, 6.07) is 15.2. The summed E-state index contributed by atoms with van der Waals surface area (Å²) >= 11 is 1.35. The molecule has 0 saturated heterocycles. The fourth-order valence-corrected chi connectivity index (χ4v) is 4.66. The van der Waals surface area contributed by atoms with Crippen LogP contribution in [0.25, 0.3) is 0 Å². The number of para-hydroxylation sites is 3. The lowest BCUT2D eigenvalue weighted by molar-refractivity contribution is -0.116. The molecule has 0 aliphatic carbocycles. The summed E-state index contributed by atoms with van der Waals surface area (Å²) in [5.74, 6) is 1.25. The summed E-state index contributed by atoms with van der Waals surface area (Å²) in [5, 5.41) is 11.9. The van der Waals surface area contributed by atoms with E-state index >= 15 is 0 Å². The molecule has 166 valence electrons. The lowest BCUT2D eigenvalue weighted by Crippen LogP contribution is -2.30. The van der Waals surface area contributed by atoms with Gasteiger partial charge in [-0.15, -0.1) is 10.2 Å². The van der Waals surface area contributed by atoms with Crippen LogP contribution in [0.15, 0.2) is 53.7 Å². The maximum Gasteiger partial charge on any atom is 0.237 e. The number of rotatable bonds is 8. The Balaban J connectivity index is 1.39. The number of nitrogens with one attached hydrogen (secondary N) is 1. The smallest absolute Gasteiger partial charge is 0.237 e. The molecular formula is C23H25N5O3S. The van der Waals surface area contributed by atoms with Gasteiger partial charge in [0.2, 0.25) is 11.8 Å². The molecule has 1 N–H and O–H groups in total. The lowest BCUT2D eigenvalue weighted by atomic mass is 10.2. The van der Waals surface area contributed by atoms with Gasteiger partial charge < -0.3 is 19.5 Å². The minimum absolute atomic E-state index is 0.0427. The van der Waals surface area contributed by atoms with Crippen LogP contribution in [0.5, 0.6) is 5.75 Å². The van der Waals surface area contributed by atoms with E-state index < -0.39 is 0 Å². The molecule has 2 amide bonds. The zero-order valence-electron chi connectivity index (χ0n) is 18.1. The third-order valence-electron chi connectivity index (χ3n) is 5.32. The number of carbonyl (C=O) groups is 2. The predicted octanol–water partition coefficient (Wildman–Crippen LogP) is 3.17. The first-order valence-corrected chi connectivity index (χ1v) is 11.4. The highest BCUT2D eigenvalue weighted by Crippen LogP contribution is 2.29. The highest BCUT2D eigenvalue weighted by molar-refractivity contribution is 7.99. The van der Waals surface area contributed by atoms with E-state index in [1.807, 2.05) is 46.7 Å². The first-order chi connectivity index (χ1) is 15.6. The Bertz CT molecular complexity index is 1130. The first kappa shape index (κ1) is 21.9. The van der Waals surface area contributed by atoms with Crippen LogP contribution in [0.4, 0.5) is 11.4 Å². The van der Waals surface area contributed by atoms with Crippen molar-refractivity contribution in [3.63, 3.8) is 0 Å². The number of anilines is 2. The van der Waals surface area contributed by atoms with Gasteiger partial charge in [0.05, 0.1) is 25.0 Å². The van der Waals surface area contributed by atoms with Crippen LogP contribution in [-0.4, -0.2) is 46.0 Å². The van der Waals surface area contributed by atoms with Crippen LogP contribution < -0.4 is 15.0 Å².